The molecule has 2 aromatic rings. The Morgan fingerprint density at radius 1 is 1.04 bits per heavy atom. The number of hydrazone groups is 1. The van der Waals surface area contributed by atoms with Crippen molar-refractivity contribution in [3.8, 4) is 5.75 Å². The third-order valence-corrected chi connectivity index (χ3v) is 3.73. The number of ether oxygens (including phenoxy) is 2. The van der Waals surface area contributed by atoms with E-state index in [-0.39, 0.29) is 12.3 Å². The van der Waals surface area contributed by atoms with Crippen LogP contribution < -0.4 is 15.5 Å². The normalized spacial score (nSPS) is 12.2. The number of hydrogen-bond donors (Lipinski definition) is 2. The lowest BCUT2D eigenvalue weighted by Gasteiger charge is -2.14. The van der Waals surface area contributed by atoms with Crippen molar-refractivity contribution in [3.05, 3.63) is 60.2 Å². The lowest BCUT2D eigenvalue weighted by Crippen LogP contribution is -2.28. The van der Waals surface area contributed by atoms with E-state index in [0.717, 1.165) is 5.56 Å². The molecule has 0 bridgehead atoms. The molecule has 0 radical (unpaired) electrons. The van der Waals surface area contributed by atoms with Crippen molar-refractivity contribution in [3.63, 3.8) is 0 Å². The van der Waals surface area contributed by atoms with Gasteiger partial charge in [0.05, 0.1) is 19.2 Å². The van der Waals surface area contributed by atoms with Crippen LogP contribution in [0.3, 0.4) is 0 Å². The Balaban J connectivity index is 1.93. The lowest BCUT2D eigenvalue weighted by molar-refractivity contribution is -0.131. The van der Waals surface area contributed by atoms with Gasteiger partial charge in [-0.2, -0.15) is 5.10 Å². The summed E-state index contributed by atoms with van der Waals surface area (Å²) in [5, 5.41) is 6.75. The molecular formula is C20H23N3O4. The van der Waals surface area contributed by atoms with E-state index in [0.29, 0.717) is 17.1 Å². The molecule has 2 N–H and O–H groups in total. The zero-order chi connectivity index (χ0) is 19.6. The minimum absolute atomic E-state index is 0.0291. The summed E-state index contributed by atoms with van der Waals surface area (Å²) >= 11 is 0. The second-order valence-electron chi connectivity index (χ2n) is 5.77. The summed E-state index contributed by atoms with van der Waals surface area (Å²) in [4.78, 5) is 24.4. The number of para-hydroxylation sites is 2. The number of carbonyl (C=O) groups excluding carboxylic acids is 2. The molecule has 0 unspecified atom stereocenters. The Morgan fingerprint density at radius 3 is 2.37 bits per heavy atom. The fourth-order valence-corrected chi connectivity index (χ4v) is 2.45. The van der Waals surface area contributed by atoms with E-state index >= 15 is 0 Å². The molecule has 0 aliphatic heterocycles. The number of hydrogen-bond acceptors (Lipinski definition) is 5. The smallest absolute Gasteiger partial charge is 0.273 e. The number of carbonyl (C=O) groups is 2. The first-order valence-corrected chi connectivity index (χ1v) is 8.38. The van der Waals surface area contributed by atoms with Gasteiger partial charge in [-0.1, -0.05) is 42.5 Å². The molecule has 7 nitrogen and oxygen atoms in total. The molecule has 7 heteroatoms. The van der Waals surface area contributed by atoms with Crippen LogP contribution in [0.2, 0.25) is 0 Å². The molecule has 0 saturated carbocycles. The average Bonchev–Trinajstić information content (AvgIpc) is 2.68. The van der Waals surface area contributed by atoms with Gasteiger partial charge in [-0.05, 0) is 24.6 Å². The van der Waals surface area contributed by atoms with E-state index in [1.165, 1.54) is 14.2 Å². The zero-order valence-corrected chi connectivity index (χ0v) is 15.6. The van der Waals surface area contributed by atoms with Crippen molar-refractivity contribution < 1.29 is 19.1 Å². The van der Waals surface area contributed by atoms with Gasteiger partial charge >= 0.3 is 0 Å². The molecule has 2 aromatic carbocycles. The Kier molecular flexibility index (Phi) is 7.51. The summed E-state index contributed by atoms with van der Waals surface area (Å²) < 4.78 is 10.4. The number of amides is 2. The molecule has 0 aromatic heterocycles. The second-order valence-corrected chi connectivity index (χ2v) is 5.77. The molecule has 142 valence electrons. The van der Waals surface area contributed by atoms with Gasteiger partial charge in [-0.25, -0.2) is 5.43 Å². The number of rotatable bonds is 8. The maximum Gasteiger partial charge on any atom is 0.273 e. The summed E-state index contributed by atoms with van der Waals surface area (Å²) in [5.74, 6) is -0.103. The van der Waals surface area contributed by atoms with Gasteiger partial charge in [-0.15, -0.1) is 0 Å². The predicted molar refractivity (Wildman–Crippen MR) is 104 cm³/mol. The first kappa shape index (κ1) is 20.1. The fraction of sp³-hybridized carbons (Fsp3) is 0.250. The van der Waals surface area contributed by atoms with Crippen LogP contribution in [0.25, 0.3) is 0 Å². The molecule has 0 spiro atoms. The highest BCUT2D eigenvalue weighted by Crippen LogP contribution is 2.23. The molecule has 1 atom stereocenters. The monoisotopic (exact) mass is 369 g/mol. The first-order valence-electron chi connectivity index (χ1n) is 8.38. The van der Waals surface area contributed by atoms with Crippen LogP contribution >= 0.6 is 0 Å². The van der Waals surface area contributed by atoms with Crippen molar-refractivity contribution in [2.45, 2.75) is 19.4 Å². The zero-order valence-electron chi connectivity index (χ0n) is 15.6. The van der Waals surface area contributed by atoms with Crippen LogP contribution in [-0.4, -0.2) is 31.7 Å². The molecule has 27 heavy (non-hydrogen) atoms. The van der Waals surface area contributed by atoms with Crippen LogP contribution in [0.5, 0.6) is 5.75 Å². The standard InChI is InChI=1S/C20H23N3O4/c1-14(13-18(24)21-16-11-7-8-12-17(16)26-2)22-23-20(25)19(27-3)15-9-5-4-6-10-15/h4-12,19H,13H2,1-3H3,(H,21,24)(H,23,25)/b22-14-/t19-/m0/s1. The maximum absolute atomic E-state index is 12.3. The number of anilines is 1. The third kappa shape index (κ3) is 5.93. The van der Waals surface area contributed by atoms with Gasteiger partial charge in [0.2, 0.25) is 5.91 Å². The van der Waals surface area contributed by atoms with Gasteiger partial charge in [0.1, 0.15) is 5.75 Å². The molecule has 2 rings (SSSR count). The highest BCUT2D eigenvalue weighted by Gasteiger charge is 2.19. The van der Waals surface area contributed by atoms with Crippen molar-refractivity contribution >= 4 is 23.2 Å². The van der Waals surface area contributed by atoms with Crippen molar-refractivity contribution in [2.75, 3.05) is 19.5 Å². The minimum Gasteiger partial charge on any atom is -0.495 e. The van der Waals surface area contributed by atoms with Crippen LogP contribution in [-0.2, 0) is 14.3 Å². The van der Waals surface area contributed by atoms with Gasteiger partial charge < -0.3 is 14.8 Å². The summed E-state index contributed by atoms with van der Waals surface area (Å²) in [7, 11) is 2.99. The molecule has 0 fully saturated rings. The quantitative estimate of drug-likeness (QED) is 0.553. The molecule has 2 amide bonds. The number of nitrogens with one attached hydrogen (secondary N) is 2. The van der Waals surface area contributed by atoms with E-state index in [1.807, 2.05) is 24.3 Å². The Hall–Kier alpha value is -3.19. The van der Waals surface area contributed by atoms with Crippen LogP contribution in [0.1, 0.15) is 25.0 Å². The lowest BCUT2D eigenvalue weighted by atomic mass is 10.1. The molecule has 0 heterocycles. The van der Waals surface area contributed by atoms with Gasteiger partial charge in [0.15, 0.2) is 6.10 Å². The number of benzene rings is 2. The number of nitrogens with zero attached hydrogens (tertiary/aromatic N) is 1. The summed E-state index contributed by atoms with van der Waals surface area (Å²) in [5.41, 5.74) is 4.20. The SMILES string of the molecule is COc1ccccc1NC(=O)C/C(C)=N\NC(=O)[C@@H](OC)c1ccccc1. The summed E-state index contributed by atoms with van der Waals surface area (Å²) in [6, 6.07) is 16.2. The highest BCUT2D eigenvalue weighted by molar-refractivity contribution is 6.06. The van der Waals surface area contributed by atoms with Crippen molar-refractivity contribution in [2.24, 2.45) is 5.10 Å². The fourth-order valence-electron chi connectivity index (χ4n) is 2.45. The Labute approximate surface area is 158 Å². The molecule has 0 aliphatic rings. The average molecular weight is 369 g/mol. The van der Waals surface area contributed by atoms with Gasteiger partial charge in [0.25, 0.3) is 5.91 Å². The second kappa shape index (κ2) is 10.1. The van der Waals surface area contributed by atoms with Gasteiger partial charge in [0, 0.05) is 12.8 Å². The van der Waals surface area contributed by atoms with E-state index in [2.05, 4.69) is 15.8 Å². The van der Waals surface area contributed by atoms with Crippen molar-refractivity contribution in [1.29, 1.82) is 0 Å². The molecule has 0 aliphatic carbocycles. The predicted octanol–water partition coefficient (Wildman–Crippen LogP) is 2.90. The third-order valence-electron chi connectivity index (χ3n) is 3.73. The molecule has 0 saturated heterocycles. The van der Waals surface area contributed by atoms with Crippen LogP contribution in [0.15, 0.2) is 59.7 Å². The van der Waals surface area contributed by atoms with Crippen molar-refractivity contribution in [1.82, 2.24) is 5.43 Å². The van der Waals surface area contributed by atoms with E-state index in [4.69, 9.17) is 9.47 Å². The maximum atomic E-state index is 12.3. The number of methoxy groups -OCH3 is 2. The topological polar surface area (TPSA) is 89.0 Å². The minimum atomic E-state index is -0.773. The van der Waals surface area contributed by atoms with Gasteiger partial charge in [-0.3, -0.25) is 9.59 Å². The van der Waals surface area contributed by atoms with Crippen LogP contribution in [0, 0.1) is 0 Å². The van der Waals surface area contributed by atoms with E-state index < -0.39 is 12.0 Å². The summed E-state index contributed by atoms with van der Waals surface area (Å²) in [6.07, 6.45) is -0.744. The Bertz CT molecular complexity index is 806. The van der Waals surface area contributed by atoms with E-state index in [1.54, 1.807) is 37.3 Å². The van der Waals surface area contributed by atoms with E-state index in [9.17, 15) is 9.59 Å². The Morgan fingerprint density at radius 2 is 1.70 bits per heavy atom. The first-order chi connectivity index (χ1) is 13.0. The summed E-state index contributed by atoms with van der Waals surface area (Å²) in [6.45, 7) is 1.66. The largest absolute Gasteiger partial charge is 0.495 e. The molecular weight excluding hydrogens is 346 g/mol. The highest BCUT2D eigenvalue weighted by atomic mass is 16.5. The van der Waals surface area contributed by atoms with Crippen LogP contribution in [0.4, 0.5) is 5.69 Å².